The Hall–Kier alpha value is -2.21. The molecule has 1 fully saturated rings. The predicted molar refractivity (Wildman–Crippen MR) is 95.4 cm³/mol. The molecule has 4 rings (SSSR count). The van der Waals surface area contributed by atoms with Crippen molar-refractivity contribution < 1.29 is 0 Å². The molecule has 0 N–H and O–H groups in total. The fourth-order valence-electron chi connectivity index (χ4n) is 3.53. The summed E-state index contributed by atoms with van der Waals surface area (Å²) in [5.74, 6) is 1.70. The van der Waals surface area contributed by atoms with E-state index in [0.29, 0.717) is 0 Å². The molecule has 24 heavy (non-hydrogen) atoms. The lowest BCUT2D eigenvalue weighted by Gasteiger charge is -2.34. The molecule has 1 aromatic heterocycles. The molecule has 0 radical (unpaired) electrons. The summed E-state index contributed by atoms with van der Waals surface area (Å²) in [6, 6.07) is 8.67. The maximum atomic E-state index is 4.80. The lowest BCUT2D eigenvalue weighted by Crippen LogP contribution is -2.47. The molecule has 0 saturated carbocycles. The third-order valence-electron chi connectivity index (χ3n) is 5.09. The number of benzene rings is 1. The van der Waals surface area contributed by atoms with Gasteiger partial charge in [-0.25, -0.2) is 0 Å². The third kappa shape index (κ3) is 3.06. The Bertz CT molecular complexity index is 695. The number of fused-ring (bicyclic) bond motifs is 1. The zero-order valence-corrected chi connectivity index (χ0v) is 14.2. The average molecular weight is 324 g/mol. The Kier molecular flexibility index (Phi) is 4.30. The number of likely N-dealkylation sites (N-methyl/N-ethyl adjacent to an activating group) is 1. The molecule has 0 aliphatic carbocycles. The number of piperazine rings is 1. The monoisotopic (exact) mass is 324 g/mol. The van der Waals surface area contributed by atoms with Crippen molar-refractivity contribution in [3.05, 3.63) is 41.6 Å². The lowest BCUT2D eigenvalue weighted by atomic mass is 10.0. The molecule has 6 heteroatoms. The number of hydrogen-bond donors (Lipinski definition) is 0. The van der Waals surface area contributed by atoms with Crippen LogP contribution >= 0.6 is 0 Å². The van der Waals surface area contributed by atoms with Crippen LogP contribution in [0.3, 0.4) is 0 Å². The van der Waals surface area contributed by atoms with Gasteiger partial charge in [0.05, 0.1) is 6.20 Å². The number of rotatable bonds is 3. The zero-order valence-electron chi connectivity index (χ0n) is 14.2. The predicted octanol–water partition coefficient (Wildman–Crippen LogP) is 1.58. The van der Waals surface area contributed by atoms with Crippen molar-refractivity contribution in [1.82, 2.24) is 20.1 Å². The zero-order chi connectivity index (χ0) is 16.4. The number of nitrogens with zero attached hydrogens (tertiary/aromatic N) is 6. The Labute approximate surface area is 143 Å². The van der Waals surface area contributed by atoms with Gasteiger partial charge in [-0.2, -0.15) is 10.1 Å². The highest BCUT2D eigenvalue weighted by molar-refractivity contribution is 5.45. The van der Waals surface area contributed by atoms with E-state index >= 15 is 0 Å². The standard InChI is InChI=1S/C18H24N6/c1-2-22-9-11-23(12-10-22)18-20-17(13-19-21-18)24-8-7-15-5-3-4-6-16(15)14-24/h3-6,13H,2,7-12,14H2,1H3. The van der Waals surface area contributed by atoms with Crippen LogP contribution in [0.4, 0.5) is 11.8 Å². The summed E-state index contributed by atoms with van der Waals surface area (Å²) in [4.78, 5) is 11.8. The van der Waals surface area contributed by atoms with Gasteiger partial charge in [-0.05, 0) is 24.1 Å². The Morgan fingerprint density at radius 3 is 2.54 bits per heavy atom. The van der Waals surface area contributed by atoms with Crippen LogP contribution in [-0.2, 0) is 13.0 Å². The number of aromatic nitrogens is 3. The van der Waals surface area contributed by atoms with Gasteiger partial charge in [-0.15, -0.1) is 5.10 Å². The first-order valence-electron chi connectivity index (χ1n) is 8.82. The van der Waals surface area contributed by atoms with Crippen LogP contribution in [0.1, 0.15) is 18.1 Å². The molecule has 3 heterocycles. The molecule has 1 saturated heterocycles. The van der Waals surface area contributed by atoms with Gasteiger partial charge in [0.25, 0.3) is 0 Å². The van der Waals surface area contributed by atoms with E-state index in [1.54, 1.807) is 6.20 Å². The molecule has 126 valence electrons. The summed E-state index contributed by atoms with van der Waals surface area (Å²) in [6.45, 7) is 9.30. The van der Waals surface area contributed by atoms with Crippen LogP contribution in [-0.4, -0.2) is 59.3 Å². The van der Waals surface area contributed by atoms with E-state index in [2.05, 4.69) is 56.1 Å². The summed E-state index contributed by atoms with van der Waals surface area (Å²) >= 11 is 0. The van der Waals surface area contributed by atoms with E-state index in [1.807, 2.05) is 0 Å². The highest BCUT2D eigenvalue weighted by Crippen LogP contribution is 2.23. The maximum Gasteiger partial charge on any atom is 0.247 e. The average Bonchev–Trinajstić information content (AvgIpc) is 2.68. The maximum absolute atomic E-state index is 4.80. The molecule has 2 aliphatic rings. The van der Waals surface area contributed by atoms with Crippen molar-refractivity contribution >= 4 is 11.8 Å². The Morgan fingerprint density at radius 1 is 0.958 bits per heavy atom. The first-order chi connectivity index (χ1) is 11.8. The van der Waals surface area contributed by atoms with E-state index in [4.69, 9.17) is 4.98 Å². The van der Waals surface area contributed by atoms with Crippen molar-refractivity contribution in [2.45, 2.75) is 19.9 Å². The van der Waals surface area contributed by atoms with Gasteiger partial charge < -0.3 is 14.7 Å². The molecule has 0 unspecified atom stereocenters. The van der Waals surface area contributed by atoms with Gasteiger partial charge in [0.2, 0.25) is 5.95 Å². The van der Waals surface area contributed by atoms with Crippen LogP contribution in [0, 0.1) is 0 Å². The molecule has 0 atom stereocenters. The van der Waals surface area contributed by atoms with Gasteiger partial charge in [0.15, 0.2) is 5.82 Å². The summed E-state index contributed by atoms with van der Waals surface area (Å²) in [5.41, 5.74) is 2.84. The molecule has 0 amide bonds. The quantitative estimate of drug-likeness (QED) is 0.854. The summed E-state index contributed by atoms with van der Waals surface area (Å²) in [5, 5.41) is 8.49. The second-order valence-electron chi connectivity index (χ2n) is 6.48. The smallest absolute Gasteiger partial charge is 0.247 e. The first kappa shape index (κ1) is 15.3. The fourth-order valence-corrected chi connectivity index (χ4v) is 3.53. The van der Waals surface area contributed by atoms with E-state index in [0.717, 1.165) is 64.0 Å². The van der Waals surface area contributed by atoms with Crippen LogP contribution in [0.5, 0.6) is 0 Å². The van der Waals surface area contributed by atoms with E-state index in [9.17, 15) is 0 Å². The molecule has 6 nitrogen and oxygen atoms in total. The number of anilines is 2. The van der Waals surface area contributed by atoms with Crippen LogP contribution < -0.4 is 9.80 Å². The van der Waals surface area contributed by atoms with Crippen LogP contribution in [0.2, 0.25) is 0 Å². The van der Waals surface area contributed by atoms with Gasteiger partial charge in [-0.1, -0.05) is 31.2 Å². The second-order valence-corrected chi connectivity index (χ2v) is 6.48. The third-order valence-corrected chi connectivity index (χ3v) is 5.09. The largest absolute Gasteiger partial charge is 0.350 e. The molecular weight excluding hydrogens is 300 g/mol. The normalized spacial score (nSPS) is 18.5. The van der Waals surface area contributed by atoms with Gasteiger partial charge in [-0.3, -0.25) is 0 Å². The highest BCUT2D eigenvalue weighted by atomic mass is 15.4. The molecule has 2 aliphatic heterocycles. The minimum Gasteiger partial charge on any atom is -0.350 e. The topological polar surface area (TPSA) is 48.4 Å². The number of hydrogen-bond acceptors (Lipinski definition) is 6. The minimum absolute atomic E-state index is 0.766. The highest BCUT2D eigenvalue weighted by Gasteiger charge is 2.21. The SMILES string of the molecule is CCN1CCN(c2nncc(N3CCc4ccccc4C3)n2)CC1. The molecule has 0 bridgehead atoms. The van der Waals surface area contributed by atoms with Crippen molar-refractivity contribution in [3.63, 3.8) is 0 Å². The van der Waals surface area contributed by atoms with E-state index < -0.39 is 0 Å². The van der Waals surface area contributed by atoms with Gasteiger partial charge in [0, 0.05) is 39.3 Å². The molecular formula is C18H24N6. The van der Waals surface area contributed by atoms with Crippen LogP contribution in [0.25, 0.3) is 0 Å². The lowest BCUT2D eigenvalue weighted by molar-refractivity contribution is 0.269. The summed E-state index contributed by atoms with van der Waals surface area (Å²) in [6.07, 6.45) is 2.85. The van der Waals surface area contributed by atoms with Crippen LogP contribution in [0.15, 0.2) is 30.5 Å². The first-order valence-corrected chi connectivity index (χ1v) is 8.82. The Balaban J connectivity index is 1.49. The Morgan fingerprint density at radius 2 is 1.75 bits per heavy atom. The van der Waals surface area contributed by atoms with Crippen molar-refractivity contribution in [2.24, 2.45) is 0 Å². The fraction of sp³-hybridized carbons (Fsp3) is 0.500. The van der Waals surface area contributed by atoms with Crippen molar-refractivity contribution in [3.8, 4) is 0 Å². The molecule has 0 spiro atoms. The van der Waals surface area contributed by atoms with Crippen molar-refractivity contribution in [1.29, 1.82) is 0 Å². The molecule has 1 aromatic carbocycles. The van der Waals surface area contributed by atoms with E-state index in [-0.39, 0.29) is 0 Å². The summed E-state index contributed by atoms with van der Waals surface area (Å²) < 4.78 is 0. The minimum atomic E-state index is 0.766. The van der Waals surface area contributed by atoms with E-state index in [1.165, 1.54) is 11.1 Å². The second kappa shape index (κ2) is 6.73. The van der Waals surface area contributed by atoms with Gasteiger partial charge in [0.1, 0.15) is 0 Å². The van der Waals surface area contributed by atoms with Crippen molar-refractivity contribution in [2.75, 3.05) is 49.1 Å². The van der Waals surface area contributed by atoms with Gasteiger partial charge >= 0.3 is 0 Å². The summed E-state index contributed by atoms with van der Waals surface area (Å²) in [7, 11) is 0. The molecule has 2 aromatic rings.